The maximum absolute atomic E-state index is 13.3. The normalized spacial score (nSPS) is 18.0. The van der Waals surface area contributed by atoms with Crippen LogP contribution in [-0.2, 0) is 17.9 Å². The van der Waals surface area contributed by atoms with E-state index in [-0.39, 0.29) is 30.6 Å². The fourth-order valence-electron chi connectivity index (χ4n) is 4.14. The van der Waals surface area contributed by atoms with Crippen LogP contribution >= 0.6 is 11.8 Å². The number of nitrogens with one attached hydrogen (secondary N) is 1. The highest BCUT2D eigenvalue weighted by molar-refractivity contribution is 7.99. The number of thioether (sulfide) groups is 1. The van der Waals surface area contributed by atoms with Gasteiger partial charge in [0.2, 0.25) is 5.91 Å². The van der Waals surface area contributed by atoms with Crippen LogP contribution < -0.4 is 5.32 Å². The smallest absolute Gasteiger partial charge is 0.254 e. The maximum atomic E-state index is 13.3. The van der Waals surface area contributed by atoms with Crippen LogP contribution in [0.4, 0.5) is 4.39 Å². The van der Waals surface area contributed by atoms with Crippen LogP contribution in [0.3, 0.4) is 0 Å². The standard InChI is InChI=1S/C22H23FN2O2S/c23-18-6-3-4-16(12-18)14-24-20(26)13-22(8-10-28-11-9-22)25-15-17-5-1-2-7-19(17)21(25)27/h1-7,12H,8-11,13-15H2,(H,24,26). The van der Waals surface area contributed by atoms with E-state index in [2.05, 4.69) is 5.32 Å². The van der Waals surface area contributed by atoms with Crippen molar-refractivity contribution >= 4 is 23.6 Å². The van der Waals surface area contributed by atoms with E-state index in [9.17, 15) is 14.0 Å². The van der Waals surface area contributed by atoms with E-state index < -0.39 is 5.54 Å². The third-order valence-corrected chi connectivity index (χ3v) is 6.67. The van der Waals surface area contributed by atoms with Gasteiger partial charge in [-0.2, -0.15) is 11.8 Å². The summed E-state index contributed by atoms with van der Waals surface area (Å²) >= 11 is 1.87. The Bertz CT molecular complexity index is 896. The average Bonchev–Trinajstić information content (AvgIpc) is 3.05. The third kappa shape index (κ3) is 3.78. The highest BCUT2D eigenvalue weighted by atomic mass is 32.2. The number of rotatable bonds is 5. The van der Waals surface area contributed by atoms with Crippen LogP contribution in [0.25, 0.3) is 0 Å². The van der Waals surface area contributed by atoms with Crippen molar-refractivity contribution in [3.63, 3.8) is 0 Å². The maximum Gasteiger partial charge on any atom is 0.254 e. The van der Waals surface area contributed by atoms with Crippen LogP contribution in [-0.4, -0.2) is 33.8 Å². The van der Waals surface area contributed by atoms with Gasteiger partial charge in [-0.3, -0.25) is 9.59 Å². The number of hydrogen-bond donors (Lipinski definition) is 1. The molecule has 0 atom stereocenters. The summed E-state index contributed by atoms with van der Waals surface area (Å²) in [5.74, 6) is 1.50. The van der Waals surface area contributed by atoms with Crippen molar-refractivity contribution in [3.8, 4) is 0 Å². The second-order valence-electron chi connectivity index (χ2n) is 7.47. The van der Waals surface area contributed by atoms with Gasteiger partial charge in [0, 0.05) is 25.1 Å². The first-order chi connectivity index (χ1) is 13.6. The summed E-state index contributed by atoms with van der Waals surface area (Å²) in [5, 5.41) is 2.91. The molecule has 6 heteroatoms. The molecule has 146 valence electrons. The molecule has 0 aromatic heterocycles. The number of carbonyl (C=O) groups excluding carboxylic acids is 2. The molecule has 1 N–H and O–H groups in total. The van der Waals surface area contributed by atoms with Gasteiger partial charge >= 0.3 is 0 Å². The van der Waals surface area contributed by atoms with E-state index in [0.717, 1.165) is 41.0 Å². The molecule has 2 aromatic rings. The highest BCUT2D eigenvalue weighted by Crippen LogP contribution is 2.40. The molecule has 2 amide bonds. The first-order valence-electron chi connectivity index (χ1n) is 9.56. The second kappa shape index (κ2) is 7.95. The fraction of sp³-hybridized carbons (Fsp3) is 0.364. The van der Waals surface area contributed by atoms with Gasteiger partial charge in [-0.25, -0.2) is 4.39 Å². The van der Waals surface area contributed by atoms with Crippen LogP contribution in [0.15, 0.2) is 48.5 Å². The highest BCUT2D eigenvalue weighted by Gasteiger charge is 2.45. The van der Waals surface area contributed by atoms with Gasteiger partial charge in [0.15, 0.2) is 0 Å². The molecule has 1 fully saturated rings. The monoisotopic (exact) mass is 398 g/mol. The van der Waals surface area contributed by atoms with Gasteiger partial charge in [0.05, 0.1) is 5.54 Å². The molecule has 28 heavy (non-hydrogen) atoms. The van der Waals surface area contributed by atoms with Crippen molar-refractivity contribution in [2.45, 2.75) is 37.9 Å². The lowest BCUT2D eigenvalue weighted by Crippen LogP contribution is -2.53. The first kappa shape index (κ1) is 19.0. The Morgan fingerprint density at radius 2 is 1.93 bits per heavy atom. The van der Waals surface area contributed by atoms with Crippen molar-refractivity contribution < 1.29 is 14.0 Å². The fourth-order valence-corrected chi connectivity index (χ4v) is 5.39. The van der Waals surface area contributed by atoms with E-state index in [1.165, 1.54) is 12.1 Å². The van der Waals surface area contributed by atoms with Gasteiger partial charge in [-0.05, 0) is 53.7 Å². The molecule has 0 radical (unpaired) electrons. The zero-order valence-electron chi connectivity index (χ0n) is 15.6. The summed E-state index contributed by atoms with van der Waals surface area (Å²) in [4.78, 5) is 27.7. The topological polar surface area (TPSA) is 49.4 Å². The van der Waals surface area contributed by atoms with E-state index in [4.69, 9.17) is 0 Å². The molecule has 0 bridgehead atoms. The van der Waals surface area contributed by atoms with Crippen molar-refractivity contribution in [3.05, 3.63) is 71.0 Å². The van der Waals surface area contributed by atoms with Crippen LogP contribution in [0.1, 0.15) is 40.7 Å². The average molecular weight is 399 g/mol. The molecular weight excluding hydrogens is 375 g/mol. The molecule has 1 saturated heterocycles. The number of fused-ring (bicyclic) bond motifs is 1. The van der Waals surface area contributed by atoms with E-state index in [0.29, 0.717) is 6.54 Å². The lowest BCUT2D eigenvalue weighted by Gasteiger charge is -2.44. The summed E-state index contributed by atoms with van der Waals surface area (Å²) in [7, 11) is 0. The number of benzene rings is 2. The molecule has 0 spiro atoms. The molecule has 0 saturated carbocycles. The van der Waals surface area contributed by atoms with Crippen LogP contribution in [0, 0.1) is 5.82 Å². The molecule has 4 rings (SSSR count). The SMILES string of the molecule is O=C(CC1(N2Cc3ccccc3C2=O)CCSCC1)NCc1cccc(F)c1. The quantitative estimate of drug-likeness (QED) is 0.834. The molecule has 4 nitrogen and oxygen atoms in total. The van der Waals surface area contributed by atoms with Crippen molar-refractivity contribution in [1.82, 2.24) is 10.2 Å². The number of carbonyl (C=O) groups is 2. The number of amides is 2. The Morgan fingerprint density at radius 1 is 1.14 bits per heavy atom. The Labute approximate surface area is 168 Å². The lowest BCUT2D eigenvalue weighted by molar-refractivity contribution is -0.124. The summed E-state index contributed by atoms with van der Waals surface area (Å²) in [5.41, 5.74) is 2.06. The van der Waals surface area contributed by atoms with E-state index in [1.807, 2.05) is 40.9 Å². The van der Waals surface area contributed by atoms with Gasteiger partial charge in [0.25, 0.3) is 5.91 Å². The van der Waals surface area contributed by atoms with Crippen molar-refractivity contribution in [2.75, 3.05) is 11.5 Å². The van der Waals surface area contributed by atoms with Crippen LogP contribution in [0.5, 0.6) is 0 Å². The van der Waals surface area contributed by atoms with E-state index in [1.54, 1.807) is 12.1 Å². The minimum absolute atomic E-state index is 0.0282. The predicted octanol–water partition coefficient (Wildman–Crippen LogP) is 3.75. The Kier molecular flexibility index (Phi) is 5.40. The lowest BCUT2D eigenvalue weighted by atomic mass is 9.86. The zero-order chi connectivity index (χ0) is 19.6. The Morgan fingerprint density at radius 3 is 2.68 bits per heavy atom. The Hall–Kier alpha value is -2.34. The predicted molar refractivity (Wildman–Crippen MR) is 108 cm³/mol. The first-order valence-corrected chi connectivity index (χ1v) is 10.7. The molecular formula is C22H23FN2O2S. The van der Waals surface area contributed by atoms with Gasteiger partial charge < -0.3 is 10.2 Å². The molecule has 0 aliphatic carbocycles. The van der Waals surface area contributed by atoms with Crippen molar-refractivity contribution in [2.24, 2.45) is 0 Å². The molecule has 2 aliphatic rings. The summed E-state index contributed by atoms with van der Waals surface area (Å²) in [6, 6.07) is 13.9. The van der Waals surface area contributed by atoms with Crippen LogP contribution in [0.2, 0.25) is 0 Å². The van der Waals surface area contributed by atoms with Gasteiger partial charge in [-0.1, -0.05) is 30.3 Å². The number of hydrogen-bond acceptors (Lipinski definition) is 3. The Balaban J connectivity index is 1.49. The number of halogens is 1. The summed E-state index contributed by atoms with van der Waals surface area (Å²) in [6.07, 6.45) is 1.90. The second-order valence-corrected chi connectivity index (χ2v) is 8.69. The third-order valence-electron chi connectivity index (χ3n) is 5.69. The summed E-state index contributed by atoms with van der Waals surface area (Å²) < 4.78 is 13.3. The molecule has 2 aliphatic heterocycles. The van der Waals surface area contributed by atoms with E-state index >= 15 is 0 Å². The molecule has 2 aromatic carbocycles. The van der Waals surface area contributed by atoms with Gasteiger partial charge in [-0.15, -0.1) is 0 Å². The molecule has 2 heterocycles. The minimum atomic E-state index is -0.451. The van der Waals surface area contributed by atoms with Gasteiger partial charge in [0.1, 0.15) is 5.82 Å². The molecule has 0 unspecified atom stereocenters. The largest absolute Gasteiger partial charge is 0.352 e. The van der Waals surface area contributed by atoms with Crippen molar-refractivity contribution in [1.29, 1.82) is 0 Å². The number of nitrogens with zero attached hydrogens (tertiary/aromatic N) is 1. The summed E-state index contributed by atoms with van der Waals surface area (Å²) in [6.45, 7) is 0.854. The zero-order valence-corrected chi connectivity index (χ0v) is 16.4. The minimum Gasteiger partial charge on any atom is -0.352 e.